The molecule has 1 aliphatic heterocycles. The molecule has 1 rings (SSSR count). The molecule has 1 fully saturated rings. The fraction of sp³-hybridized carbons (Fsp3) is 0.867. The predicted octanol–water partition coefficient (Wildman–Crippen LogP) is 8.89. The largest absolute Gasteiger partial charge is 0.502 e. The summed E-state index contributed by atoms with van der Waals surface area (Å²) >= 11 is 3.94. The van der Waals surface area contributed by atoms with E-state index < -0.39 is 0 Å². The SMILES string of the molecule is CC.CC(C)(CCCCCCN1CCCC1)C(=O)S.CC/C=C/OCC.CCCCC(C=O)CC. The highest BCUT2D eigenvalue weighted by Crippen LogP contribution is 2.26. The highest BCUT2D eigenvalue weighted by Gasteiger charge is 2.23. The van der Waals surface area contributed by atoms with Crippen molar-refractivity contribution in [3.8, 4) is 0 Å². The monoisotopic (exact) mass is 515 g/mol. The molecule has 1 saturated heterocycles. The van der Waals surface area contributed by atoms with E-state index in [4.69, 9.17) is 4.74 Å². The molecule has 0 bridgehead atoms. The molecule has 0 amide bonds. The van der Waals surface area contributed by atoms with Crippen molar-refractivity contribution in [3.63, 3.8) is 0 Å². The summed E-state index contributed by atoms with van der Waals surface area (Å²) in [5, 5.41) is 0.0227. The topological polar surface area (TPSA) is 46.6 Å². The molecule has 0 aromatic heterocycles. The number of thiol groups is 1. The second kappa shape index (κ2) is 29.4. The van der Waals surface area contributed by atoms with Crippen LogP contribution in [0.2, 0.25) is 0 Å². The highest BCUT2D eigenvalue weighted by molar-refractivity contribution is 7.96. The van der Waals surface area contributed by atoms with Crippen molar-refractivity contribution in [1.29, 1.82) is 0 Å². The Kier molecular flexibility index (Phi) is 32.5. The predicted molar refractivity (Wildman–Crippen MR) is 158 cm³/mol. The minimum absolute atomic E-state index is 0.0227. The third kappa shape index (κ3) is 27.6. The van der Waals surface area contributed by atoms with Crippen LogP contribution in [0.1, 0.15) is 132 Å². The van der Waals surface area contributed by atoms with Crippen LogP contribution in [0.4, 0.5) is 0 Å². The number of allylic oxidation sites excluding steroid dienone is 1. The molecule has 0 saturated carbocycles. The first-order valence-electron chi connectivity index (χ1n) is 14.5. The van der Waals surface area contributed by atoms with Gasteiger partial charge in [0.05, 0.1) is 12.9 Å². The van der Waals surface area contributed by atoms with E-state index >= 15 is 0 Å². The Hall–Kier alpha value is -0.810. The normalized spacial score (nSPS) is 14.1. The summed E-state index contributed by atoms with van der Waals surface area (Å²) in [6.07, 6.45) is 19.1. The molecule has 0 radical (unpaired) electrons. The first kappa shape index (κ1) is 38.7. The number of carbonyl (C=O) groups is 2. The van der Waals surface area contributed by atoms with Gasteiger partial charge in [-0.05, 0) is 71.5 Å². The average molecular weight is 516 g/mol. The lowest BCUT2D eigenvalue weighted by molar-refractivity contribution is -0.118. The maximum absolute atomic E-state index is 11.2. The fourth-order valence-corrected chi connectivity index (χ4v) is 3.58. The second-order valence-corrected chi connectivity index (χ2v) is 9.99. The maximum Gasteiger partial charge on any atom is 0.191 e. The summed E-state index contributed by atoms with van der Waals surface area (Å²) in [5.74, 6) is 0.324. The summed E-state index contributed by atoms with van der Waals surface area (Å²) in [5.41, 5.74) is -0.238. The number of ether oxygens (including phenoxy) is 1. The number of hydrogen-bond acceptors (Lipinski definition) is 4. The van der Waals surface area contributed by atoms with Crippen LogP contribution in [0.5, 0.6) is 0 Å². The molecule has 35 heavy (non-hydrogen) atoms. The van der Waals surface area contributed by atoms with Gasteiger partial charge in [0.15, 0.2) is 5.12 Å². The molecule has 5 heteroatoms. The molecule has 1 atom stereocenters. The van der Waals surface area contributed by atoms with Gasteiger partial charge in [-0.3, -0.25) is 4.79 Å². The number of likely N-dealkylation sites (tertiary alicyclic amines) is 1. The number of rotatable bonds is 16. The van der Waals surface area contributed by atoms with Crippen molar-refractivity contribution >= 4 is 24.0 Å². The Morgan fingerprint density at radius 3 is 2.06 bits per heavy atom. The summed E-state index contributed by atoms with van der Waals surface area (Å²) in [7, 11) is 0. The molecule has 1 heterocycles. The zero-order valence-electron chi connectivity index (χ0n) is 24.7. The van der Waals surface area contributed by atoms with Gasteiger partial charge in [0.2, 0.25) is 0 Å². The van der Waals surface area contributed by atoms with Gasteiger partial charge in [-0.15, -0.1) is 12.6 Å². The van der Waals surface area contributed by atoms with Crippen molar-refractivity contribution in [1.82, 2.24) is 4.90 Å². The Balaban J connectivity index is -0.000000479. The Morgan fingerprint density at radius 2 is 1.60 bits per heavy atom. The molecular weight excluding hydrogens is 454 g/mol. The van der Waals surface area contributed by atoms with Crippen molar-refractivity contribution < 1.29 is 14.3 Å². The third-order valence-corrected chi connectivity index (χ3v) is 6.65. The maximum atomic E-state index is 11.2. The molecule has 4 nitrogen and oxygen atoms in total. The van der Waals surface area contributed by atoms with Crippen LogP contribution in [-0.2, 0) is 14.3 Å². The number of unbranched alkanes of at least 4 members (excludes halogenated alkanes) is 4. The highest BCUT2D eigenvalue weighted by atomic mass is 32.1. The average Bonchev–Trinajstić information content (AvgIpc) is 3.38. The molecule has 0 aromatic carbocycles. The molecule has 0 aliphatic carbocycles. The molecular formula is C30H61NO3S. The van der Waals surface area contributed by atoms with E-state index in [0.29, 0.717) is 5.92 Å². The molecule has 210 valence electrons. The van der Waals surface area contributed by atoms with Gasteiger partial charge in [-0.25, -0.2) is 0 Å². The summed E-state index contributed by atoms with van der Waals surface area (Å²) in [4.78, 5) is 24.0. The first-order chi connectivity index (χ1) is 16.8. The molecule has 0 aromatic rings. The van der Waals surface area contributed by atoms with Crippen molar-refractivity contribution in [2.75, 3.05) is 26.2 Å². The Bertz CT molecular complexity index is 474. The van der Waals surface area contributed by atoms with Crippen molar-refractivity contribution in [3.05, 3.63) is 12.3 Å². The second-order valence-electron chi connectivity index (χ2n) is 9.58. The zero-order valence-corrected chi connectivity index (χ0v) is 25.6. The Labute approximate surface area is 225 Å². The minimum atomic E-state index is -0.238. The van der Waals surface area contributed by atoms with Crippen LogP contribution >= 0.6 is 12.6 Å². The lowest BCUT2D eigenvalue weighted by atomic mass is 9.88. The third-order valence-electron chi connectivity index (χ3n) is 6.04. The van der Waals surface area contributed by atoms with Gasteiger partial charge in [0, 0.05) is 11.3 Å². The van der Waals surface area contributed by atoms with E-state index in [-0.39, 0.29) is 10.5 Å². The smallest absolute Gasteiger partial charge is 0.191 e. The van der Waals surface area contributed by atoms with E-state index in [1.54, 1.807) is 6.26 Å². The quantitative estimate of drug-likeness (QED) is 0.0964. The number of carbonyl (C=O) groups excluding carboxylic acids is 2. The van der Waals surface area contributed by atoms with E-state index in [1.807, 2.05) is 40.7 Å². The van der Waals surface area contributed by atoms with E-state index in [0.717, 1.165) is 45.0 Å². The first-order valence-corrected chi connectivity index (χ1v) is 14.9. The van der Waals surface area contributed by atoms with Crippen LogP contribution in [0, 0.1) is 11.3 Å². The van der Waals surface area contributed by atoms with E-state index in [2.05, 4.69) is 38.3 Å². The van der Waals surface area contributed by atoms with Gasteiger partial charge in [0.25, 0.3) is 0 Å². The Morgan fingerprint density at radius 1 is 1.00 bits per heavy atom. The zero-order chi connectivity index (χ0) is 27.4. The van der Waals surface area contributed by atoms with Crippen molar-refractivity contribution in [2.45, 2.75) is 132 Å². The molecule has 0 spiro atoms. The summed E-state index contributed by atoms with van der Waals surface area (Å²) in [6.45, 7) is 20.9. The molecule has 1 unspecified atom stereocenters. The van der Waals surface area contributed by atoms with Crippen LogP contribution < -0.4 is 0 Å². The fourth-order valence-electron chi connectivity index (χ4n) is 3.46. The van der Waals surface area contributed by atoms with Gasteiger partial charge >= 0.3 is 0 Å². The van der Waals surface area contributed by atoms with Crippen molar-refractivity contribution in [2.24, 2.45) is 11.3 Å². The van der Waals surface area contributed by atoms with Gasteiger partial charge in [0.1, 0.15) is 6.29 Å². The van der Waals surface area contributed by atoms with E-state index in [1.165, 1.54) is 64.6 Å². The minimum Gasteiger partial charge on any atom is -0.502 e. The number of hydrogen-bond donors (Lipinski definition) is 1. The van der Waals surface area contributed by atoms with Gasteiger partial charge < -0.3 is 14.4 Å². The summed E-state index contributed by atoms with van der Waals surface area (Å²) < 4.78 is 4.89. The lowest BCUT2D eigenvalue weighted by Crippen LogP contribution is -2.20. The lowest BCUT2D eigenvalue weighted by Gasteiger charge is -2.20. The van der Waals surface area contributed by atoms with E-state index in [9.17, 15) is 9.59 Å². The summed E-state index contributed by atoms with van der Waals surface area (Å²) in [6, 6.07) is 0. The van der Waals surface area contributed by atoms with Crippen LogP contribution in [0.15, 0.2) is 12.3 Å². The number of nitrogens with zero attached hydrogens (tertiary/aromatic N) is 1. The molecule has 1 aliphatic rings. The molecule has 0 N–H and O–H groups in total. The van der Waals surface area contributed by atoms with Crippen LogP contribution in [0.3, 0.4) is 0 Å². The standard InChI is InChI=1S/C14H27NOS.C8H16O.C6H12O.C2H6/c1-14(2,13(16)17)9-5-3-4-6-10-15-11-7-8-12-15;1-3-5-6-8(4-2)7-9;1-3-5-6-7-4-2;1-2/h3-12H2,1-2H3,(H,16,17);7-8H,3-6H2,1-2H3;5-6H,3-4H2,1-2H3;1-2H3/b;;6-5+;. The van der Waals surface area contributed by atoms with Gasteiger partial charge in [-0.2, -0.15) is 0 Å². The number of aldehydes is 1. The van der Waals surface area contributed by atoms with Gasteiger partial charge in [-0.1, -0.05) is 86.6 Å². The van der Waals surface area contributed by atoms with Crippen LogP contribution in [-0.4, -0.2) is 42.5 Å². The van der Waals surface area contributed by atoms with Crippen LogP contribution in [0.25, 0.3) is 0 Å².